The Labute approximate surface area is 172 Å². The molecule has 2 aliphatic heterocycles. The van der Waals surface area contributed by atoms with Crippen molar-refractivity contribution in [2.45, 2.75) is 45.6 Å². The molecule has 0 amide bonds. The average molecular weight is 412 g/mol. The second kappa shape index (κ2) is 9.56. The molecule has 2 fully saturated rings. The van der Waals surface area contributed by atoms with E-state index in [0.717, 1.165) is 64.1 Å². The molecule has 1 atom stereocenters. The number of esters is 1. The van der Waals surface area contributed by atoms with Crippen molar-refractivity contribution in [3.8, 4) is 0 Å². The van der Waals surface area contributed by atoms with E-state index in [1.54, 1.807) is 12.1 Å². The number of hydrogen-bond donors (Lipinski definition) is 0. The number of rotatable bonds is 7. The van der Waals surface area contributed by atoms with Gasteiger partial charge in [-0.2, -0.15) is 0 Å². The SMILES string of the molecule is CCC1(CC)CC(CCN2CCN(c3ccc([N+](=O)[O-])cc3)CC2)OC1=O.Cl. The summed E-state index contributed by atoms with van der Waals surface area (Å²) < 4.78 is 5.64. The van der Waals surface area contributed by atoms with E-state index in [4.69, 9.17) is 4.74 Å². The van der Waals surface area contributed by atoms with Crippen molar-refractivity contribution in [3.63, 3.8) is 0 Å². The van der Waals surface area contributed by atoms with Crippen LogP contribution in [-0.4, -0.2) is 54.6 Å². The average Bonchev–Trinajstić information content (AvgIpc) is 3.03. The number of halogens is 1. The zero-order valence-electron chi connectivity index (χ0n) is 16.6. The number of nitro benzene ring substituents is 1. The van der Waals surface area contributed by atoms with E-state index in [1.165, 1.54) is 0 Å². The van der Waals surface area contributed by atoms with Crippen molar-refractivity contribution in [2.75, 3.05) is 37.6 Å². The molecule has 156 valence electrons. The monoisotopic (exact) mass is 411 g/mol. The summed E-state index contributed by atoms with van der Waals surface area (Å²) in [6.45, 7) is 8.78. The summed E-state index contributed by atoms with van der Waals surface area (Å²) in [6.07, 6.45) is 3.50. The fourth-order valence-electron chi connectivity index (χ4n) is 4.17. The Balaban J connectivity index is 0.00000280. The smallest absolute Gasteiger partial charge is 0.312 e. The van der Waals surface area contributed by atoms with Crippen LogP contribution in [0.4, 0.5) is 11.4 Å². The number of ether oxygens (including phenoxy) is 1. The van der Waals surface area contributed by atoms with Gasteiger partial charge in [0.25, 0.3) is 5.69 Å². The summed E-state index contributed by atoms with van der Waals surface area (Å²) in [4.78, 5) is 27.3. The van der Waals surface area contributed by atoms with Gasteiger partial charge < -0.3 is 9.64 Å². The molecular weight excluding hydrogens is 382 g/mol. The van der Waals surface area contributed by atoms with Crippen LogP contribution in [0, 0.1) is 15.5 Å². The summed E-state index contributed by atoms with van der Waals surface area (Å²) in [5.41, 5.74) is 0.888. The van der Waals surface area contributed by atoms with E-state index in [9.17, 15) is 14.9 Å². The lowest BCUT2D eigenvalue weighted by Crippen LogP contribution is -2.47. The zero-order valence-corrected chi connectivity index (χ0v) is 17.5. The first-order valence-electron chi connectivity index (χ1n) is 9.90. The van der Waals surface area contributed by atoms with Crippen LogP contribution in [0.25, 0.3) is 0 Å². The van der Waals surface area contributed by atoms with Crippen molar-refractivity contribution in [1.82, 2.24) is 4.90 Å². The Morgan fingerprint density at radius 3 is 2.25 bits per heavy atom. The number of nitrogens with zero attached hydrogens (tertiary/aromatic N) is 3. The van der Waals surface area contributed by atoms with E-state index in [2.05, 4.69) is 23.6 Å². The lowest BCUT2D eigenvalue weighted by atomic mass is 9.79. The van der Waals surface area contributed by atoms with Crippen LogP contribution in [0.2, 0.25) is 0 Å². The largest absolute Gasteiger partial charge is 0.462 e. The summed E-state index contributed by atoms with van der Waals surface area (Å²) in [6, 6.07) is 6.76. The molecule has 0 N–H and O–H groups in total. The van der Waals surface area contributed by atoms with Gasteiger partial charge >= 0.3 is 5.97 Å². The molecule has 0 radical (unpaired) electrons. The Morgan fingerprint density at radius 2 is 1.75 bits per heavy atom. The number of cyclic esters (lactones) is 1. The first-order chi connectivity index (χ1) is 13.0. The third-order valence-electron chi connectivity index (χ3n) is 6.24. The van der Waals surface area contributed by atoms with Gasteiger partial charge in [0.1, 0.15) is 6.10 Å². The van der Waals surface area contributed by atoms with Gasteiger partial charge in [-0.05, 0) is 31.4 Å². The number of non-ortho nitro benzene ring substituents is 1. The van der Waals surface area contributed by atoms with Crippen LogP contribution >= 0.6 is 12.4 Å². The first-order valence-corrected chi connectivity index (χ1v) is 9.90. The van der Waals surface area contributed by atoms with Crippen molar-refractivity contribution in [1.29, 1.82) is 0 Å². The topological polar surface area (TPSA) is 75.9 Å². The van der Waals surface area contributed by atoms with Gasteiger partial charge in [-0.1, -0.05) is 13.8 Å². The highest BCUT2D eigenvalue weighted by Gasteiger charge is 2.46. The van der Waals surface area contributed by atoms with Gasteiger partial charge in [-0.25, -0.2) is 0 Å². The molecule has 0 aromatic heterocycles. The number of piperazine rings is 1. The molecule has 2 saturated heterocycles. The Kier molecular flexibility index (Phi) is 7.66. The van der Waals surface area contributed by atoms with Crippen LogP contribution in [0.3, 0.4) is 0 Å². The highest BCUT2D eigenvalue weighted by Crippen LogP contribution is 2.41. The third kappa shape index (κ3) is 4.75. The molecular formula is C20H30ClN3O4. The lowest BCUT2D eigenvalue weighted by Gasteiger charge is -2.36. The fraction of sp³-hybridized carbons (Fsp3) is 0.650. The summed E-state index contributed by atoms with van der Waals surface area (Å²) in [5, 5.41) is 10.8. The standard InChI is InChI=1S/C20H29N3O4.ClH/c1-3-20(4-2)15-18(27-19(20)24)9-10-21-11-13-22(14-12-21)16-5-7-17(8-6-16)23(25)26;/h5-8,18H,3-4,9-15H2,1-2H3;1H. The van der Waals surface area contributed by atoms with E-state index in [0.29, 0.717) is 0 Å². The van der Waals surface area contributed by atoms with Crippen LogP contribution in [0.5, 0.6) is 0 Å². The van der Waals surface area contributed by atoms with Crippen LogP contribution in [0.15, 0.2) is 24.3 Å². The number of hydrogen-bond acceptors (Lipinski definition) is 6. The van der Waals surface area contributed by atoms with Crippen molar-refractivity contribution in [2.24, 2.45) is 5.41 Å². The number of carbonyl (C=O) groups excluding carboxylic acids is 1. The third-order valence-corrected chi connectivity index (χ3v) is 6.24. The van der Waals surface area contributed by atoms with Gasteiger partial charge in [0.05, 0.1) is 10.3 Å². The molecule has 2 aliphatic rings. The zero-order chi connectivity index (χ0) is 19.4. The predicted octanol–water partition coefficient (Wildman–Crippen LogP) is 3.65. The van der Waals surface area contributed by atoms with Crippen LogP contribution in [-0.2, 0) is 9.53 Å². The Hall–Kier alpha value is -1.86. The maximum absolute atomic E-state index is 12.2. The van der Waals surface area contributed by atoms with Gasteiger partial charge in [-0.15, -0.1) is 12.4 Å². The molecule has 0 aliphatic carbocycles. The molecule has 1 aromatic rings. The summed E-state index contributed by atoms with van der Waals surface area (Å²) in [5.74, 6) is -0.0134. The highest BCUT2D eigenvalue weighted by atomic mass is 35.5. The summed E-state index contributed by atoms with van der Waals surface area (Å²) >= 11 is 0. The van der Waals surface area contributed by atoms with Gasteiger partial charge in [0.15, 0.2) is 0 Å². The molecule has 3 rings (SSSR count). The minimum Gasteiger partial charge on any atom is -0.462 e. The van der Waals surface area contributed by atoms with E-state index < -0.39 is 0 Å². The first kappa shape index (κ1) is 22.4. The molecule has 1 unspecified atom stereocenters. The van der Waals surface area contributed by atoms with Crippen molar-refractivity contribution in [3.05, 3.63) is 34.4 Å². The molecule has 7 nitrogen and oxygen atoms in total. The molecule has 1 aromatic carbocycles. The number of benzene rings is 1. The van der Waals surface area contributed by atoms with Crippen molar-refractivity contribution >= 4 is 29.8 Å². The summed E-state index contributed by atoms with van der Waals surface area (Å²) in [7, 11) is 0. The number of carbonyl (C=O) groups is 1. The van der Waals surface area contributed by atoms with Crippen LogP contribution < -0.4 is 4.90 Å². The maximum atomic E-state index is 12.2. The normalized spacial score (nSPS) is 21.9. The van der Waals surface area contributed by atoms with Crippen molar-refractivity contribution < 1.29 is 14.5 Å². The predicted molar refractivity (Wildman–Crippen MR) is 111 cm³/mol. The quantitative estimate of drug-likeness (QED) is 0.387. The molecule has 2 heterocycles. The minimum absolute atomic E-state index is 0. The highest BCUT2D eigenvalue weighted by molar-refractivity contribution is 5.85. The van der Waals surface area contributed by atoms with Crippen LogP contribution in [0.1, 0.15) is 39.5 Å². The molecule has 0 saturated carbocycles. The maximum Gasteiger partial charge on any atom is 0.312 e. The van der Waals surface area contributed by atoms with E-state index in [1.807, 2.05) is 12.1 Å². The van der Waals surface area contributed by atoms with Gasteiger partial charge in [0.2, 0.25) is 0 Å². The fourth-order valence-corrected chi connectivity index (χ4v) is 4.17. The minimum atomic E-state index is -0.372. The molecule has 8 heteroatoms. The van der Waals surface area contributed by atoms with E-state index in [-0.39, 0.29) is 40.5 Å². The second-order valence-electron chi connectivity index (χ2n) is 7.61. The molecule has 0 spiro atoms. The second-order valence-corrected chi connectivity index (χ2v) is 7.61. The lowest BCUT2D eigenvalue weighted by molar-refractivity contribution is -0.384. The van der Waals surface area contributed by atoms with Gasteiger partial charge in [-0.3, -0.25) is 19.8 Å². The molecule has 28 heavy (non-hydrogen) atoms. The number of nitro groups is 1. The Morgan fingerprint density at radius 1 is 1.14 bits per heavy atom. The van der Waals surface area contributed by atoms with Gasteiger partial charge in [0, 0.05) is 57.0 Å². The number of anilines is 1. The van der Waals surface area contributed by atoms with E-state index >= 15 is 0 Å². The Bertz CT molecular complexity index is 671. The molecule has 0 bridgehead atoms.